The number of hydrogen-bond acceptors (Lipinski definition) is 3. The lowest BCUT2D eigenvalue weighted by Gasteiger charge is -2.38. The van der Waals surface area contributed by atoms with Crippen molar-refractivity contribution in [2.24, 2.45) is 11.8 Å². The highest BCUT2D eigenvalue weighted by Crippen LogP contribution is 2.21. The van der Waals surface area contributed by atoms with Gasteiger partial charge in [0.1, 0.15) is 0 Å². The Morgan fingerprint density at radius 3 is 2.52 bits per heavy atom. The molecule has 5 heteroatoms. The number of aromatic nitrogens is 2. The molecule has 0 radical (unpaired) electrons. The number of hydrogen-bond donors (Lipinski definition) is 1. The van der Waals surface area contributed by atoms with Crippen LogP contribution in [-0.4, -0.2) is 46.3 Å². The van der Waals surface area contributed by atoms with Crippen molar-refractivity contribution >= 4 is 5.91 Å². The Morgan fingerprint density at radius 2 is 1.93 bits per heavy atom. The highest BCUT2D eigenvalue weighted by molar-refractivity contribution is 5.78. The number of amides is 1. The standard InChI is InChI=1S/C22H32N4O/c1-17(2)21(25-13-9-18(3)10-14-25)16-23-22(27)15-19-5-7-20(8-6-19)26-12-4-11-24-26/h4-8,11-12,17-18,21H,9-10,13-16H2,1-3H3,(H,23,27)/t21-/m0/s1. The maximum absolute atomic E-state index is 12.4. The van der Waals surface area contributed by atoms with E-state index < -0.39 is 0 Å². The fourth-order valence-corrected chi connectivity index (χ4v) is 3.80. The van der Waals surface area contributed by atoms with Gasteiger partial charge in [-0.3, -0.25) is 9.69 Å². The van der Waals surface area contributed by atoms with Crippen LogP contribution in [0.4, 0.5) is 0 Å². The Hall–Kier alpha value is -2.14. The van der Waals surface area contributed by atoms with Gasteiger partial charge in [0.25, 0.3) is 0 Å². The minimum Gasteiger partial charge on any atom is -0.354 e. The van der Waals surface area contributed by atoms with Crippen molar-refractivity contribution in [1.82, 2.24) is 20.0 Å². The summed E-state index contributed by atoms with van der Waals surface area (Å²) in [6.45, 7) is 9.87. The first-order valence-corrected chi connectivity index (χ1v) is 10.1. The molecule has 1 aliphatic rings. The maximum atomic E-state index is 12.4. The number of benzene rings is 1. The molecule has 1 atom stereocenters. The zero-order valence-electron chi connectivity index (χ0n) is 16.8. The zero-order chi connectivity index (χ0) is 19.2. The Kier molecular flexibility index (Phi) is 6.67. The molecule has 146 valence electrons. The van der Waals surface area contributed by atoms with E-state index in [9.17, 15) is 4.79 Å². The molecule has 0 bridgehead atoms. The van der Waals surface area contributed by atoms with Crippen molar-refractivity contribution in [1.29, 1.82) is 0 Å². The van der Waals surface area contributed by atoms with Crippen LogP contribution in [0.5, 0.6) is 0 Å². The van der Waals surface area contributed by atoms with Gasteiger partial charge in [0.15, 0.2) is 0 Å². The smallest absolute Gasteiger partial charge is 0.224 e. The predicted octanol–water partition coefficient (Wildman–Crippen LogP) is 3.29. The van der Waals surface area contributed by atoms with Crippen LogP contribution in [0.3, 0.4) is 0 Å². The monoisotopic (exact) mass is 368 g/mol. The molecular formula is C22H32N4O. The second-order valence-electron chi connectivity index (χ2n) is 8.13. The van der Waals surface area contributed by atoms with E-state index in [2.05, 4.69) is 36.1 Å². The average molecular weight is 369 g/mol. The highest BCUT2D eigenvalue weighted by atomic mass is 16.1. The summed E-state index contributed by atoms with van der Waals surface area (Å²) >= 11 is 0. The maximum Gasteiger partial charge on any atom is 0.224 e. The minimum atomic E-state index is 0.0952. The van der Waals surface area contributed by atoms with Crippen molar-refractivity contribution in [2.45, 2.75) is 46.1 Å². The van der Waals surface area contributed by atoms with Gasteiger partial charge in [0.05, 0.1) is 12.1 Å². The fourth-order valence-electron chi connectivity index (χ4n) is 3.80. The molecule has 1 fully saturated rings. The molecule has 2 aromatic rings. The number of nitrogens with zero attached hydrogens (tertiary/aromatic N) is 3. The van der Waals surface area contributed by atoms with Crippen LogP contribution < -0.4 is 5.32 Å². The summed E-state index contributed by atoms with van der Waals surface area (Å²) in [6, 6.07) is 10.3. The van der Waals surface area contributed by atoms with E-state index in [4.69, 9.17) is 0 Å². The Bertz CT molecular complexity index is 700. The molecule has 0 aliphatic carbocycles. The third-order valence-electron chi connectivity index (χ3n) is 5.64. The first kappa shape index (κ1) is 19.6. The number of carbonyl (C=O) groups is 1. The predicted molar refractivity (Wildman–Crippen MR) is 109 cm³/mol. The largest absolute Gasteiger partial charge is 0.354 e. The lowest BCUT2D eigenvalue weighted by Crippen LogP contribution is -2.49. The molecule has 1 amide bonds. The van der Waals surface area contributed by atoms with Gasteiger partial charge >= 0.3 is 0 Å². The third kappa shape index (κ3) is 5.42. The van der Waals surface area contributed by atoms with E-state index in [0.717, 1.165) is 36.8 Å². The number of rotatable bonds is 7. The summed E-state index contributed by atoms with van der Waals surface area (Å²) in [4.78, 5) is 15.0. The molecule has 1 N–H and O–H groups in total. The van der Waals surface area contributed by atoms with E-state index in [-0.39, 0.29) is 5.91 Å². The van der Waals surface area contributed by atoms with Crippen molar-refractivity contribution in [3.8, 4) is 5.69 Å². The molecule has 1 aliphatic heterocycles. The third-order valence-corrected chi connectivity index (χ3v) is 5.64. The van der Waals surface area contributed by atoms with Crippen molar-refractivity contribution in [2.75, 3.05) is 19.6 Å². The Labute approximate surface area is 162 Å². The average Bonchev–Trinajstić information content (AvgIpc) is 3.18. The van der Waals surface area contributed by atoms with E-state index in [0.29, 0.717) is 18.4 Å². The fraction of sp³-hybridized carbons (Fsp3) is 0.545. The Morgan fingerprint density at radius 1 is 1.22 bits per heavy atom. The van der Waals surface area contributed by atoms with Crippen LogP contribution in [0.2, 0.25) is 0 Å². The van der Waals surface area contributed by atoms with Crippen LogP contribution in [0.25, 0.3) is 5.69 Å². The number of piperidine rings is 1. The van der Waals surface area contributed by atoms with E-state index in [1.165, 1.54) is 12.8 Å². The minimum absolute atomic E-state index is 0.0952. The summed E-state index contributed by atoms with van der Waals surface area (Å²) < 4.78 is 1.82. The van der Waals surface area contributed by atoms with Gasteiger partial charge in [0.2, 0.25) is 5.91 Å². The molecule has 1 saturated heterocycles. The Balaban J connectivity index is 1.50. The molecular weight excluding hydrogens is 336 g/mol. The quantitative estimate of drug-likeness (QED) is 0.816. The first-order valence-electron chi connectivity index (χ1n) is 10.1. The lowest BCUT2D eigenvalue weighted by molar-refractivity contribution is -0.120. The summed E-state index contributed by atoms with van der Waals surface area (Å²) in [5, 5.41) is 7.39. The van der Waals surface area contributed by atoms with Crippen molar-refractivity contribution in [3.05, 3.63) is 48.3 Å². The summed E-state index contributed by atoms with van der Waals surface area (Å²) in [5.41, 5.74) is 2.03. The van der Waals surface area contributed by atoms with Gasteiger partial charge in [-0.2, -0.15) is 5.10 Å². The van der Waals surface area contributed by atoms with E-state index in [1.54, 1.807) is 6.20 Å². The molecule has 0 saturated carbocycles. The molecule has 1 aromatic carbocycles. The zero-order valence-corrected chi connectivity index (χ0v) is 16.8. The van der Waals surface area contributed by atoms with Gasteiger partial charge in [-0.15, -0.1) is 0 Å². The normalized spacial score (nSPS) is 17.2. The lowest BCUT2D eigenvalue weighted by atomic mass is 9.94. The van der Waals surface area contributed by atoms with Crippen LogP contribution in [0.15, 0.2) is 42.7 Å². The molecule has 0 spiro atoms. The summed E-state index contributed by atoms with van der Waals surface area (Å²) in [7, 11) is 0. The van der Waals surface area contributed by atoms with Crippen LogP contribution in [0, 0.1) is 11.8 Å². The van der Waals surface area contributed by atoms with Gasteiger partial charge in [-0.05, 0) is 61.5 Å². The number of likely N-dealkylation sites (tertiary alicyclic amines) is 1. The van der Waals surface area contributed by atoms with E-state index >= 15 is 0 Å². The second-order valence-corrected chi connectivity index (χ2v) is 8.13. The number of carbonyl (C=O) groups excluding carboxylic acids is 1. The summed E-state index contributed by atoms with van der Waals surface area (Å²) in [5.74, 6) is 1.46. The molecule has 27 heavy (non-hydrogen) atoms. The highest BCUT2D eigenvalue weighted by Gasteiger charge is 2.25. The second kappa shape index (κ2) is 9.18. The molecule has 5 nitrogen and oxygen atoms in total. The molecule has 1 aromatic heterocycles. The molecule has 2 heterocycles. The molecule has 3 rings (SSSR count). The first-order chi connectivity index (χ1) is 13.0. The topological polar surface area (TPSA) is 50.2 Å². The number of nitrogens with one attached hydrogen (secondary N) is 1. The SMILES string of the molecule is CC1CCN([C@@H](CNC(=O)Cc2ccc(-n3cccn3)cc2)C(C)C)CC1. The van der Waals surface area contributed by atoms with Crippen molar-refractivity contribution in [3.63, 3.8) is 0 Å². The van der Waals surface area contributed by atoms with Crippen molar-refractivity contribution < 1.29 is 4.79 Å². The van der Waals surface area contributed by atoms with Gasteiger partial charge < -0.3 is 5.32 Å². The van der Waals surface area contributed by atoms with Gasteiger partial charge in [-0.25, -0.2) is 4.68 Å². The van der Waals surface area contributed by atoms with Gasteiger partial charge in [0, 0.05) is 25.0 Å². The van der Waals surface area contributed by atoms with Crippen LogP contribution in [-0.2, 0) is 11.2 Å². The van der Waals surface area contributed by atoms with Crippen LogP contribution in [0.1, 0.15) is 39.2 Å². The summed E-state index contributed by atoms with van der Waals surface area (Å²) in [6.07, 6.45) is 6.62. The van der Waals surface area contributed by atoms with Gasteiger partial charge in [-0.1, -0.05) is 32.9 Å². The van der Waals surface area contributed by atoms with Crippen LogP contribution >= 0.6 is 0 Å². The molecule has 0 unspecified atom stereocenters. The van der Waals surface area contributed by atoms with E-state index in [1.807, 2.05) is 41.2 Å².